The quantitative estimate of drug-likeness (QED) is 0.464. The highest BCUT2D eigenvalue weighted by atomic mass is 16.5. The van der Waals surface area contributed by atoms with Crippen molar-refractivity contribution in [2.45, 2.75) is 39.2 Å². The van der Waals surface area contributed by atoms with Crippen molar-refractivity contribution in [3.63, 3.8) is 0 Å². The molecule has 1 aromatic carbocycles. The Balaban J connectivity index is 1.50. The van der Waals surface area contributed by atoms with Gasteiger partial charge in [0.2, 0.25) is 5.95 Å². The summed E-state index contributed by atoms with van der Waals surface area (Å²) in [5.74, 6) is 3.34. The number of anilines is 2. The lowest BCUT2D eigenvalue weighted by Gasteiger charge is -2.23. The van der Waals surface area contributed by atoms with E-state index in [9.17, 15) is 0 Å². The lowest BCUT2D eigenvalue weighted by atomic mass is 10.0. The van der Waals surface area contributed by atoms with Crippen LogP contribution >= 0.6 is 0 Å². The second-order valence-electron chi connectivity index (χ2n) is 8.78. The van der Waals surface area contributed by atoms with Gasteiger partial charge in [-0.1, -0.05) is 19.1 Å². The molecular formula is C26H31N7O. The Morgan fingerprint density at radius 3 is 2.65 bits per heavy atom. The van der Waals surface area contributed by atoms with Gasteiger partial charge in [-0.05, 0) is 61.1 Å². The summed E-state index contributed by atoms with van der Waals surface area (Å²) in [4.78, 5) is 21.3. The zero-order valence-corrected chi connectivity index (χ0v) is 20.2. The Kier molecular flexibility index (Phi) is 6.04. The maximum atomic E-state index is 5.43. The van der Waals surface area contributed by atoms with E-state index in [0.29, 0.717) is 5.95 Å². The van der Waals surface area contributed by atoms with Crippen LogP contribution in [0.4, 0.5) is 11.8 Å². The summed E-state index contributed by atoms with van der Waals surface area (Å²) in [5, 5.41) is 3.67. The molecule has 3 aromatic heterocycles. The highest BCUT2D eigenvalue weighted by Crippen LogP contribution is 2.30. The Labute approximate surface area is 200 Å². The number of aryl methyl sites for hydroxylation is 2. The summed E-state index contributed by atoms with van der Waals surface area (Å²) in [5.41, 5.74) is 5.47. The van der Waals surface area contributed by atoms with Gasteiger partial charge < -0.3 is 19.5 Å². The lowest BCUT2D eigenvalue weighted by Crippen LogP contribution is -2.28. The monoisotopic (exact) mass is 457 g/mol. The summed E-state index contributed by atoms with van der Waals surface area (Å²) in [6.07, 6.45) is 6.48. The van der Waals surface area contributed by atoms with E-state index in [1.807, 2.05) is 32.3 Å². The number of rotatable bonds is 6. The number of benzene rings is 1. The van der Waals surface area contributed by atoms with Gasteiger partial charge in [0.25, 0.3) is 0 Å². The fourth-order valence-corrected chi connectivity index (χ4v) is 4.65. The largest absolute Gasteiger partial charge is 0.497 e. The van der Waals surface area contributed by atoms with E-state index in [1.165, 1.54) is 11.1 Å². The van der Waals surface area contributed by atoms with Crippen LogP contribution in [0, 0.1) is 6.92 Å². The summed E-state index contributed by atoms with van der Waals surface area (Å²) in [6, 6.07) is 10.5. The number of hydrogen-bond donors (Lipinski definition) is 1. The number of aromatic nitrogens is 5. The first-order valence-corrected chi connectivity index (χ1v) is 11.9. The molecule has 0 bridgehead atoms. The van der Waals surface area contributed by atoms with Crippen molar-refractivity contribution < 1.29 is 4.74 Å². The molecule has 0 aliphatic carbocycles. The maximum absolute atomic E-state index is 5.43. The van der Waals surface area contributed by atoms with Crippen LogP contribution in [0.15, 0.2) is 42.7 Å². The summed E-state index contributed by atoms with van der Waals surface area (Å²) >= 11 is 0. The van der Waals surface area contributed by atoms with Gasteiger partial charge in [0.15, 0.2) is 11.5 Å². The highest BCUT2D eigenvalue weighted by Gasteiger charge is 2.22. The molecule has 4 aromatic rings. The van der Waals surface area contributed by atoms with Crippen molar-refractivity contribution in [2.75, 3.05) is 30.4 Å². The van der Waals surface area contributed by atoms with Gasteiger partial charge in [-0.3, -0.25) is 4.98 Å². The predicted octanol–water partition coefficient (Wildman–Crippen LogP) is 4.24. The zero-order valence-electron chi connectivity index (χ0n) is 20.2. The minimum absolute atomic E-state index is 0.0932. The lowest BCUT2D eigenvalue weighted by molar-refractivity contribution is 0.414. The first-order chi connectivity index (χ1) is 16.6. The van der Waals surface area contributed by atoms with Gasteiger partial charge in [-0.15, -0.1) is 0 Å². The molecule has 1 atom stereocenters. The molecule has 0 radical (unpaired) electrons. The molecule has 8 heteroatoms. The van der Waals surface area contributed by atoms with E-state index in [1.54, 1.807) is 13.3 Å². The minimum atomic E-state index is 0.0932. The first kappa shape index (κ1) is 22.1. The Morgan fingerprint density at radius 1 is 1.09 bits per heavy atom. The normalized spacial score (nSPS) is 14.5. The van der Waals surface area contributed by atoms with Gasteiger partial charge in [0.05, 0.1) is 13.2 Å². The minimum Gasteiger partial charge on any atom is -0.497 e. The molecular weight excluding hydrogens is 426 g/mol. The molecule has 0 saturated heterocycles. The SMILES string of the molecule is CCC(Nc1nc(N2CCc3ccc(OC)cc3CC2)nc2nc(C)n(C)c12)c1cccnc1. The van der Waals surface area contributed by atoms with Crippen LogP contribution in [0.25, 0.3) is 11.2 Å². The molecule has 0 saturated carbocycles. The smallest absolute Gasteiger partial charge is 0.229 e. The maximum Gasteiger partial charge on any atom is 0.229 e. The Morgan fingerprint density at radius 2 is 1.91 bits per heavy atom. The number of pyridine rings is 1. The number of fused-ring (bicyclic) bond motifs is 2. The average Bonchev–Trinajstić information content (AvgIpc) is 3.03. The van der Waals surface area contributed by atoms with Crippen LogP contribution in [0.2, 0.25) is 0 Å². The molecule has 5 rings (SSSR count). The summed E-state index contributed by atoms with van der Waals surface area (Å²) in [6.45, 7) is 5.87. The van der Waals surface area contributed by atoms with E-state index in [-0.39, 0.29) is 6.04 Å². The molecule has 0 fully saturated rings. The van der Waals surface area contributed by atoms with Gasteiger partial charge in [0.1, 0.15) is 17.1 Å². The fraction of sp³-hybridized carbons (Fsp3) is 0.385. The molecule has 4 heterocycles. The van der Waals surface area contributed by atoms with E-state index in [4.69, 9.17) is 19.7 Å². The molecule has 34 heavy (non-hydrogen) atoms. The molecule has 0 spiro atoms. The molecule has 176 valence electrons. The average molecular weight is 458 g/mol. The molecule has 0 amide bonds. The van der Waals surface area contributed by atoms with Crippen LogP contribution in [0.1, 0.15) is 41.9 Å². The standard InChI is InChI=1S/C26H31N7O/c1-5-22(20-7-6-12-27-16-20)29-25-23-24(28-17(2)32(23)3)30-26(31-25)33-13-10-18-8-9-21(34-4)15-19(18)11-14-33/h6-9,12,15-16,22H,5,10-11,13-14H2,1-4H3,(H,29,30,31). The molecule has 1 aliphatic rings. The van der Waals surface area contributed by atoms with Crippen LogP contribution in [0.5, 0.6) is 5.75 Å². The third-order valence-electron chi connectivity index (χ3n) is 6.75. The van der Waals surface area contributed by atoms with Crippen molar-refractivity contribution in [3.05, 3.63) is 65.2 Å². The van der Waals surface area contributed by atoms with Crippen LogP contribution in [0.3, 0.4) is 0 Å². The van der Waals surface area contributed by atoms with E-state index in [2.05, 4.69) is 44.9 Å². The molecule has 8 nitrogen and oxygen atoms in total. The van der Waals surface area contributed by atoms with E-state index in [0.717, 1.165) is 66.5 Å². The molecule has 1 aliphatic heterocycles. The van der Waals surface area contributed by atoms with Crippen LogP contribution in [-0.2, 0) is 19.9 Å². The topological polar surface area (TPSA) is 81.0 Å². The number of methoxy groups -OCH3 is 1. The predicted molar refractivity (Wildman–Crippen MR) is 135 cm³/mol. The van der Waals surface area contributed by atoms with Gasteiger partial charge in [0, 0.05) is 32.5 Å². The summed E-state index contributed by atoms with van der Waals surface area (Å²) in [7, 11) is 3.73. The number of ether oxygens (including phenoxy) is 1. The second-order valence-corrected chi connectivity index (χ2v) is 8.78. The number of nitrogens with one attached hydrogen (secondary N) is 1. The van der Waals surface area contributed by atoms with Crippen molar-refractivity contribution in [1.82, 2.24) is 24.5 Å². The van der Waals surface area contributed by atoms with Gasteiger partial charge in [-0.2, -0.15) is 9.97 Å². The zero-order chi connectivity index (χ0) is 23.7. The van der Waals surface area contributed by atoms with Gasteiger partial charge in [-0.25, -0.2) is 4.98 Å². The Hall–Kier alpha value is -3.68. The van der Waals surface area contributed by atoms with Crippen molar-refractivity contribution in [2.24, 2.45) is 7.05 Å². The highest BCUT2D eigenvalue weighted by molar-refractivity contribution is 5.85. The number of hydrogen-bond acceptors (Lipinski definition) is 7. The van der Waals surface area contributed by atoms with Crippen molar-refractivity contribution in [1.29, 1.82) is 0 Å². The number of nitrogens with zero attached hydrogens (tertiary/aromatic N) is 6. The van der Waals surface area contributed by atoms with E-state index >= 15 is 0 Å². The number of imidazole rings is 1. The van der Waals surface area contributed by atoms with Crippen molar-refractivity contribution >= 4 is 22.9 Å². The second kappa shape index (κ2) is 9.29. The third-order valence-corrected chi connectivity index (χ3v) is 6.75. The van der Waals surface area contributed by atoms with Crippen LogP contribution < -0.4 is 15.0 Å². The van der Waals surface area contributed by atoms with Crippen LogP contribution in [-0.4, -0.2) is 44.7 Å². The van der Waals surface area contributed by atoms with Crippen molar-refractivity contribution in [3.8, 4) is 5.75 Å². The third kappa shape index (κ3) is 4.16. The van der Waals surface area contributed by atoms with E-state index < -0.39 is 0 Å². The Bertz CT molecular complexity index is 1300. The van der Waals surface area contributed by atoms with Gasteiger partial charge >= 0.3 is 0 Å². The molecule has 1 unspecified atom stereocenters. The fourth-order valence-electron chi connectivity index (χ4n) is 4.65. The first-order valence-electron chi connectivity index (χ1n) is 11.9. The molecule has 1 N–H and O–H groups in total. The summed E-state index contributed by atoms with van der Waals surface area (Å²) < 4.78 is 7.49.